The second-order valence-corrected chi connectivity index (χ2v) is 11.0. The van der Waals surface area contributed by atoms with Crippen LogP contribution >= 0.6 is 0 Å². The lowest BCUT2D eigenvalue weighted by atomic mass is 9.85. The fraction of sp³-hybridized carbons (Fsp3) is 0.0667. The topological polar surface area (TPSA) is 25.8 Å². The SMILES string of the molecule is C=CC.CC.c1ccc(-c2ccc(-c3cccc(-c4c5ccccc5c(-c5ccc6ccccc6c5)c5ccccc45)c3)nc2)nc1. The molecule has 8 rings (SSSR count). The quantitative estimate of drug-likeness (QED) is 0.147. The molecule has 0 bridgehead atoms. The van der Waals surface area contributed by atoms with Gasteiger partial charge in [-0.2, -0.15) is 0 Å². The highest BCUT2D eigenvalue weighted by Crippen LogP contribution is 2.44. The highest BCUT2D eigenvalue weighted by Gasteiger charge is 2.17. The Bertz CT molecular complexity index is 2230. The number of benzene rings is 6. The van der Waals surface area contributed by atoms with Gasteiger partial charge in [0.2, 0.25) is 0 Å². The van der Waals surface area contributed by atoms with Crippen LogP contribution in [0.3, 0.4) is 0 Å². The fourth-order valence-electron chi connectivity index (χ4n) is 6.18. The van der Waals surface area contributed by atoms with Gasteiger partial charge < -0.3 is 0 Å². The van der Waals surface area contributed by atoms with E-state index in [0.717, 1.165) is 22.5 Å². The van der Waals surface area contributed by atoms with E-state index in [2.05, 4.69) is 139 Å². The van der Waals surface area contributed by atoms with Crippen LogP contribution in [-0.2, 0) is 0 Å². The summed E-state index contributed by atoms with van der Waals surface area (Å²) in [4.78, 5) is 9.29. The van der Waals surface area contributed by atoms with Gasteiger partial charge in [0.25, 0.3) is 0 Å². The van der Waals surface area contributed by atoms with Crippen LogP contribution in [0.1, 0.15) is 20.8 Å². The first-order chi connectivity index (χ1) is 23.2. The van der Waals surface area contributed by atoms with Crippen LogP contribution in [-0.4, -0.2) is 9.97 Å². The van der Waals surface area contributed by atoms with E-state index < -0.39 is 0 Å². The molecular formula is C45H38N2. The molecule has 2 aromatic heterocycles. The van der Waals surface area contributed by atoms with Crippen molar-refractivity contribution in [1.82, 2.24) is 9.97 Å². The number of rotatable bonds is 4. The van der Waals surface area contributed by atoms with Gasteiger partial charge in [-0.05, 0) is 97.9 Å². The summed E-state index contributed by atoms with van der Waals surface area (Å²) in [5.41, 5.74) is 8.91. The number of hydrogen-bond donors (Lipinski definition) is 0. The molecule has 0 saturated carbocycles. The van der Waals surface area contributed by atoms with Crippen molar-refractivity contribution in [3.63, 3.8) is 0 Å². The van der Waals surface area contributed by atoms with Gasteiger partial charge in [-0.1, -0.05) is 129 Å². The Hall–Kier alpha value is -5.86. The summed E-state index contributed by atoms with van der Waals surface area (Å²) in [5.74, 6) is 0. The van der Waals surface area contributed by atoms with Crippen LogP contribution in [0.2, 0.25) is 0 Å². The van der Waals surface area contributed by atoms with Crippen LogP contribution in [0.5, 0.6) is 0 Å². The zero-order valence-corrected chi connectivity index (χ0v) is 27.2. The van der Waals surface area contributed by atoms with Crippen molar-refractivity contribution >= 4 is 32.3 Å². The largest absolute Gasteiger partial charge is 0.256 e. The number of fused-ring (bicyclic) bond motifs is 3. The third-order valence-corrected chi connectivity index (χ3v) is 8.14. The molecule has 6 aromatic carbocycles. The van der Waals surface area contributed by atoms with Gasteiger partial charge in [-0.3, -0.25) is 9.97 Å². The average molecular weight is 607 g/mol. The van der Waals surface area contributed by atoms with Gasteiger partial charge in [-0.15, -0.1) is 6.58 Å². The first-order valence-electron chi connectivity index (χ1n) is 16.2. The summed E-state index contributed by atoms with van der Waals surface area (Å²) in [6.07, 6.45) is 5.47. The van der Waals surface area contributed by atoms with Crippen molar-refractivity contribution in [2.24, 2.45) is 0 Å². The first kappa shape index (κ1) is 31.1. The summed E-state index contributed by atoms with van der Waals surface area (Å²) in [6.45, 7) is 9.25. The molecule has 47 heavy (non-hydrogen) atoms. The Morgan fingerprint density at radius 2 is 0.957 bits per heavy atom. The van der Waals surface area contributed by atoms with Gasteiger partial charge >= 0.3 is 0 Å². The lowest BCUT2D eigenvalue weighted by molar-refractivity contribution is 1.28. The van der Waals surface area contributed by atoms with E-state index >= 15 is 0 Å². The average Bonchev–Trinajstić information content (AvgIpc) is 3.15. The Morgan fingerprint density at radius 1 is 0.447 bits per heavy atom. The van der Waals surface area contributed by atoms with Crippen molar-refractivity contribution in [2.75, 3.05) is 0 Å². The Kier molecular flexibility index (Phi) is 9.60. The van der Waals surface area contributed by atoms with Gasteiger partial charge in [-0.25, -0.2) is 0 Å². The summed E-state index contributed by atoms with van der Waals surface area (Å²) in [6, 6.07) is 51.9. The van der Waals surface area contributed by atoms with E-state index in [4.69, 9.17) is 4.98 Å². The van der Waals surface area contributed by atoms with Crippen LogP contribution in [0, 0.1) is 0 Å². The molecule has 228 valence electrons. The third kappa shape index (κ3) is 6.32. The summed E-state index contributed by atoms with van der Waals surface area (Å²) < 4.78 is 0. The minimum atomic E-state index is 0.926. The third-order valence-electron chi connectivity index (χ3n) is 8.14. The van der Waals surface area contributed by atoms with Gasteiger partial charge in [0.1, 0.15) is 0 Å². The Balaban J connectivity index is 0.000000733. The highest BCUT2D eigenvalue weighted by atomic mass is 14.7. The smallest absolute Gasteiger partial charge is 0.0717 e. The zero-order chi connectivity index (χ0) is 32.6. The number of pyridine rings is 2. The summed E-state index contributed by atoms with van der Waals surface area (Å²) in [5, 5.41) is 7.51. The molecule has 0 fully saturated rings. The van der Waals surface area contributed by atoms with Gasteiger partial charge in [0, 0.05) is 23.5 Å². The van der Waals surface area contributed by atoms with Crippen molar-refractivity contribution < 1.29 is 0 Å². The molecule has 0 atom stereocenters. The molecule has 0 unspecified atom stereocenters. The zero-order valence-electron chi connectivity index (χ0n) is 27.2. The van der Waals surface area contributed by atoms with E-state index in [-0.39, 0.29) is 0 Å². The fourth-order valence-corrected chi connectivity index (χ4v) is 6.18. The van der Waals surface area contributed by atoms with Crippen LogP contribution < -0.4 is 0 Å². The number of allylic oxidation sites excluding steroid dienone is 1. The molecule has 0 aliphatic rings. The standard InChI is InChI=1S/C40H26N2.C3H6.C2H6/c1-2-11-28-24-31(20-19-27(28)10-1)40-35-16-5-3-14-33(35)39(34-15-4-6-17-36(34)40)30-13-9-12-29(25-30)38-22-21-32(26-42-38)37-18-7-8-23-41-37;1-3-2;1-2/h1-26H;3H,1H2,2H3;1-2H3. The molecule has 0 spiro atoms. The molecule has 8 aromatic rings. The van der Waals surface area contributed by atoms with Crippen LogP contribution in [0.15, 0.2) is 171 Å². The monoisotopic (exact) mass is 606 g/mol. The van der Waals surface area contributed by atoms with Crippen molar-refractivity contribution in [3.05, 3.63) is 171 Å². The van der Waals surface area contributed by atoms with Crippen molar-refractivity contribution in [3.8, 4) is 44.8 Å². The van der Waals surface area contributed by atoms with Crippen molar-refractivity contribution in [2.45, 2.75) is 20.8 Å². The van der Waals surface area contributed by atoms with E-state index in [1.165, 1.54) is 54.6 Å². The van der Waals surface area contributed by atoms with Gasteiger partial charge in [0.15, 0.2) is 0 Å². The molecular weight excluding hydrogens is 569 g/mol. The predicted octanol–water partition coefficient (Wildman–Crippen LogP) is 12.8. The maximum absolute atomic E-state index is 4.82. The Labute approximate surface area is 277 Å². The van der Waals surface area contributed by atoms with E-state index in [1.54, 1.807) is 6.08 Å². The van der Waals surface area contributed by atoms with Crippen LogP contribution in [0.25, 0.3) is 77.1 Å². The minimum Gasteiger partial charge on any atom is -0.256 e. The normalized spacial score (nSPS) is 10.5. The van der Waals surface area contributed by atoms with E-state index in [0.29, 0.717) is 0 Å². The molecule has 0 N–H and O–H groups in total. The molecule has 0 aliphatic carbocycles. The molecule has 0 aliphatic heterocycles. The highest BCUT2D eigenvalue weighted by molar-refractivity contribution is 6.21. The molecule has 2 heteroatoms. The second-order valence-electron chi connectivity index (χ2n) is 11.0. The van der Waals surface area contributed by atoms with E-state index in [9.17, 15) is 0 Å². The number of hydrogen-bond acceptors (Lipinski definition) is 2. The summed E-state index contributed by atoms with van der Waals surface area (Å²) in [7, 11) is 0. The Morgan fingerprint density at radius 3 is 1.53 bits per heavy atom. The molecule has 0 radical (unpaired) electrons. The van der Waals surface area contributed by atoms with E-state index in [1.807, 2.05) is 51.4 Å². The maximum Gasteiger partial charge on any atom is 0.0717 e. The molecule has 2 heterocycles. The molecule has 0 amide bonds. The minimum absolute atomic E-state index is 0.926. The van der Waals surface area contributed by atoms with Gasteiger partial charge in [0.05, 0.1) is 11.4 Å². The van der Waals surface area contributed by atoms with Crippen LogP contribution in [0.4, 0.5) is 0 Å². The number of nitrogens with zero attached hydrogens (tertiary/aromatic N) is 2. The summed E-state index contributed by atoms with van der Waals surface area (Å²) >= 11 is 0. The lowest BCUT2D eigenvalue weighted by Crippen LogP contribution is -1.92. The molecule has 2 nitrogen and oxygen atoms in total. The first-order valence-corrected chi connectivity index (χ1v) is 16.2. The second kappa shape index (κ2) is 14.5. The lowest BCUT2D eigenvalue weighted by Gasteiger charge is -2.18. The predicted molar refractivity (Wildman–Crippen MR) is 204 cm³/mol. The maximum atomic E-state index is 4.82. The van der Waals surface area contributed by atoms with Crippen molar-refractivity contribution in [1.29, 1.82) is 0 Å². The number of aromatic nitrogens is 2. The molecule has 0 saturated heterocycles.